The summed E-state index contributed by atoms with van der Waals surface area (Å²) in [6, 6.07) is 13.5. The molecule has 0 aliphatic carbocycles. The minimum Gasteiger partial charge on any atom is -0.497 e. The Morgan fingerprint density at radius 1 is 1.12 bits per heavy atom. The molecule has 7 heteroatoms. The summed E-state index contributed by atoms with van der Waals surface area (Å²) in [6.07, 6.45) is 0.552. The van der Waals surface area contributed by atoms with Crippen LogP contribution in [0.25, 0.3) is 0 Å². The van der Waals surface area contributed by atoms with Gasteiger partial charge in [0.2, 0.25) is 5.91 Å². The van der Waals surface area contributed by atoms with E-state index in [-0.39, 0.29) is 5.91 Å². The largest absolute Gasteiger partial charge is 0.497 e. The summed E-state index contributed by atoms with van der Waals surface area (Å²) in [7, 11) is 3.06. The fraction of sp³-hybridized carbons (Fsp3) is 0.263. The second-order valence-electron chi connectivity index (χ2n) is 5.83. The molecule has 0 spiro atoms. The Morgan fingerprint density at radius 3 is 2.58 bits per heavy atom. The number of nitrogens with one attached hydrogen (secondary N) is 2. The molecule has 0 aromatic heterocycles. The number of hydrogen-bond donors (Lipinski definition) is 2. The Morgan fingerprint density at radius 2 is 1.88 bits per heavy atom. The first kappa shape index (κ1) is 17.6. The number of hydrogen-bond acceptors (Lipinski definition) is 4. The first-order valence-corrected chi connectivity index (χ1v) is 8.28. The standard InChI is InChI=1S/C19H21N3O4/c1-25-14-8-9-17(26-2)16(12-14)21-19(24)20-15-10-11-22(18(15)23)13-6-4-3-5-7-13/h3-9,12,15H,10-11H2,1-2H3,(H2,20,21,24)/t15-/m0/s1. The lowest BCUT2D eigenvalue weighted by molar-refractivity contribution is -0.118. The van der Waals surface area contributed by atoms with E-state index >= 15 is 0 Å². The van der Waals surface area contributed by atoms with Gasteiger partial charge in [-0.05, 0) is 30.7 Å². The number of ether oxygens (including phenoxy) is 2. The molecule has 1 aliphatic rings. The summed E-state index contributed by atoms with van der Waals surface area (Å²) < 4.78 is 10.4. The average Bonchev–Trinajstić information content (AvgIpc) is 3.02. The topological polar surface area (TPSA) is 79.9 Å². The van der Waals surface area contributed by atoms with E-state index in [1.807, 2.05) is 30.3 Å². The molecule has 0 unspecified atom stereocenters. The number of benzene rings is 2. The predicted octanol–water partition coefficient (Wildman–Crippen LogP) is 2.63. The summed E-state index contributed by atoms with van der Waals surface area (Å²) >= 11 is 0. The van der Waals surface area contributed by atoms with Crippen LogP contribution in [0.15, 0.2) is 48.5 Å². The summed E-state index contributed by atoms with van der Waals surface area (Å²) in [5, 5.41) is 5.44. The molecule has 1 heterocycles. The lowest BCUT2D eigenvalue weighted by Crippen LogP contribution is -2.43. The highest BCUT2D eigenvalue weighted by Gasteiger charge is 2.33. The number of carbonyl (C=O) groups excluding carboxylic acids is 2. The van der Waals surface area contributed by atoms with E-state index < -0.39 is 12.1 Å². The normalized spacial score (nSPS) is 16.3. The van der Waals surface area contributed by atoms with Crippen LogP contribution >= 0.6 is 0 Å². The van der Waals surface area contributed by atoms with Crippen LogP contribution in [0.3, 0.4) is 0 Å². The Labute approximate surface area is 151 Å². The number of carbonyl (C=O) groups is 2. The van der Waals surface area contributed by atoms with Crippen LogP contribution in [-0.2, 0) is 4.79 Å². The molecule has 26 heavy (non-hydrogen) atoms. The Kier molecular flexibility index (Phi) is 5.26. The zero-order chi connectivity index (χ0) is 18.5. The molecule has 3 rings (SSSR count). The van der Waals surface area contributed by atoms with Crippen LogP contribution < -0.4 is 25.0 Å². The van der Waals surface area contributed by atoms with Crippen LogP contribution in [-0.4, -0.2) is 38.7 Å². The molecule has 1 fully saturated rings. The summed E-state index contributed by atoms with van der Waals surface area (Å²) in [5.41, 5.74) is 1.30. The van der Waals surface area contributed by atoms with Gasteiger partial charge in [0.05, 0.1) is 19.9 Å². The average molecular weight is 355 g/mol. The van der Waals surface area contributed by atoms with Gasteiger partial charge in [-0.15, -0.1) is 0 Å². The Balaban J connectivity index is 1.65. The first-order valence-electron chi connectivity index (χ1n) is 8.28. The SMILES string of the molecule is COc1ccc(OC)c(NC(=O)N[C@H]2CCN(c3ccccc3)C2=O)c1. The number of rotatable bonds is 5. The zero-order valence-electron chi connectivity index (χ0n) is 14.7. The van der Waals surface area contributed by atoms with Gasteiger partial charge in [-0.3, -0.25) is 4.79 Å². The van der Waals surface area contributed by atoms with Crippen molar-refractivity contribution in [1.82, 2.24) is 5.32 Å². The summed E-state index contributed by atoms with van der Waals surface area (Å²) in [4.78, 5) is 26.6. The smallest absolute Gasteiger partial charge is 0.319 e. The molecule has 0 saturated carbocycles. The van der Waals surface area contributed by atoms with Gasteiger partial charge in [0.25, 0.3) is 0 Å². The highest BCUT2D eigenvalue weighted by molar-refractivity contribution is 6.02. The first-order chi connectivity index (χ1) is 12.6. The number of anilines is 2. The lowest BCUT2D eigenvalue weighted by atomic mass is 10.2. The van der Waals surface area contributed by atoms with Gasteiger partial charge in [-0.2, -0.15) is 0 Å². The maximum absolute atomic E-state index is 12.6. The second kappa shape index (κ2) is 7.77. The van der Waals surface area contributed by atoms with Crippen LogP contribution in [0.1, 0.15) is 6.42 Å². The van der Waals surface area contributed by atoms with Gasteiger partial charge >= 0.3 is 6.03 Å². The van der Waals surface area contributed by atoms with Crippen LogP contribution in [0.2, 0.25) is 0 Å². The molecule has 1 saturated heterocycles. The molecule has 3 amide bonds. The number of methoxy groups -OCH3 is 2. The van der Waals surface area contributed by atoms with Gasteiger partial charge < -0.3 is 25.0 Å². The Bertz CT molecular complexity index is 795. The number of para-hydroxylation sites is 1. The molecule has 2 N–H and O–H groups in total. The van der Waals surface area contributed by atoms with E-state index in [1.54, 1.807) is 30.2 Å². The molecule has 0 bridgehead atoms. The predicted molar refractivity (Wildman–Crippen MR) is 98.9 cm³/mol. The molecule has 1 atom stereocenters. The van der Waals surface area contributed by atoms with Crippen molar-refractivity contribution in [2.75, 3.05) is 31.0 Å². The number of urea groups is 1. The van der Waals surface area contributed by atoms with E-state index in [0.29, 0.717) is 30.2 Å². The third kappa shape index (κ3) is 3.72. The molecular formula is C19H21N3O4. The highest BCUT2D eigenvalue weighted by atomic mass is 16.5. The fourth-order valence-corrected chi connectivity index (χ4v) is 2.91. The van der Waals surface area contributed by atoms with E-state index in [9.17, 15) is 9.59 Å². The zero-order valence-corrected chi connectivity index (χ0v) is 14.7. The fourth-order valence-electron chi connectivity index (χ4n) is 2.91. The van der Waals surface area contributed by atoms with Gasteiger partial charge in [-0.25, -0.2) is 4.79 Å². The molecule has 1 aliphatic heterocycles. The summed E-state index contributed by atoms with van der Waals surface area (Å²) in [5.74, 6) is 0.974. The van der Waals surface area contributed by atoms with Crippen molar-refractivity contribution >= 4 is 23.3 Å². The van der Waals surface area contributed by atoms with Crippen molar-refractivity contribution in [3.8, 4) is 11.5 Å². The van der Waals surface area contributed by atoms with Crippen molar-refractivity contribution in [3.63, 3.8) is 0 Å². The van der Waals surface area contributed by atoms with Crippen LogP contribution in [0, 0.1) is 0 Å². The number of nitrogens with zero attached hydrogens (tertiary/aromatic N) is 1. The summed E-state index contributed by atoms with van der Waals surface area (Å²) in [6.45, 7) is 0.566. The monoisotopic (exact) mass is 355 g/mol. The molecule has 2 aromatic carbocycles. The van der Waals surface area contributed by atoms with Crippen molar-refractivity contribution in [1.29, 1.82) is 0 Å². The third-order valence-electron chi connectivity index (χ3n) is 4.23. The van der Waals surface area contributed by atoms with E-state index in [1.165, 1.54) is 7.11 Å². The second-order valence-corrected chi connectivity index (χ2v) is 5.83. The molecule has 7 nitrogen and oxygen atoms in total. The van der Waals surface area contributed by atoms with Gasteiger partial charge in [0.15, 0.2) is 0 Å². The van der Waals surface area contributed by atoms with Crippen molar-refractivity contribution in [3.05, 3.63) is 48.5 Å². The third-order valence-corrected chi connectivity index (χ3v) is 4.23. The van der Waals surface area contributed by atoms with E-state index in [0.717, 1.165) is 5.69 Å². The van der Waals surface area contributed by atoms with E-state index in [4.69, 9.17) is 9.47 Å². The number of amides is 3. The quantitative estimate of drug-likeness (QED) is 0.864. The van der Waals surface area contributed by atoms with Crippen molar-refractivity contribution in [2.24, 2.45) is 0 Å². The molecule has 0 radical (unpaired) electrons. The minimum absolute atomic E-state index is 0.121. The Hall–Kier alpha value is -3.22. The molecular weight excluding hydrogens is 334 g/mol. The molecule has 2 aromatic rings. The maximum atomic E-state index is 12.6. The lowest BCUT2D eigenvalue weighted by Gasteiger charge is -2.18. The minimum atomic E-state index is -0.563. The van der Waals surface area contributed by atoms with Gasteiger partial charge in [-0.1, -0.05) is 18.2 Å². The highest BCUT2D eigenvalue weighted by Crippen LogP contribution is 2.29. The van der Waals surface area contributed by atoms with Crippen molar-refractivity contribution in [2.45, 2.75) is 12.5 Å². The maximum Gasteiger partial charge on any atom is 0.319 e. The van der Waals surface area contributed by atoms with Crippen LogP contribution in [0.5, 0.6) is 11.5 Å². The van der Waals surface area contributed by atoms with Crippen LogP contribution in [0.4, 0.5) is 16.2 Å². The van der Waals surface area contributed by atoms with E-state index in [2.05, 4.69) is 10.6 Å². The van der Waals surface area contributed by atoms with Crippen molar-refractivity contribution < 1.29 is 19.1 Å². The van der Waals surface area contributed by atoms with Gasteiger partial charge in [0.1, 0.15) is 17.5 Å². The molecule has 136 valence electrons. The van der Waals surface area contributed by atoms with Gasteiger partial charge in [0, 0.05) is 18.3 Å².